The van der Waals surface area contributed by atoms with E-state index in [9.17, 15) is 9.18 Å². The Bertz CT molecular complexity index is 828. The largest absolute Gasteiger partial charge is 0.492 e. The molecular weight excluding hydrogens is 369 g/mol. The molecule has 5 nitrogen and oxygen atoms in total. The molecule has 154 valence electrons. The standard InChI is InChI=1S/C23H28FN3O2/c1-2-29-22-6-4-3-5-21(22)26-23(28)25-18-13-19-11-12-20(14-18)27(19)15-16-7-9-17(24)10-8-16/h3-10,18-20H,2,11-15H2,1H3,(H2,25,26,28)/t18?,19-,20+. The highest BCUT2D eigenvalue weighted by Crippen LogP contribution is 2.37. The average Bonchev–Trinajstić information content (AvgIpc) is 2.93. The molecule has 2 heterocycles. The van der Waals surface area contributed by atoms with Crippen molar-refractivity contribution < 1.29 is 13.9 Å². The molecule has 4 rings (SSSR count). The number of fused-ring (bicyclic) bond motifs is 2. The summed E-state index contributed by atoms with van der Waals surface area (Å²) in [4.78, 5) is 15.1. The second kappa shape index (κ2) is 8.82. The number of hydrogen-bond donors (Lipinski definition) is 2. The van der Waals surface area contributed by atoms with Crippen molar-refractivity contribution in [2.45, 2.75) is 57.3 Å². The van der Waals surface area contributed by atoms with Crippen LogP contribution in [-0.2, 0) is 6.54 Å². The molecule has 6 heteroatoms. The van der Waals surface area contributed by atoms with Gasteiger partial charge in [0.05, 0.1) is 12.3 Å². The third kappa shape index (κ3) is 4.70. The number of amides is 2. The predicted octanol–water partition coefficient (Wildman–Crippen LogP) is 4.54. The van der Waals surface area contributed by atoms with Gasteiger partial charge < -0.3 is 15.4 Å². The minimum absolute atomic E-state index is 0.163. The van der Waals surface area contributed by atoms with Crippen LogP contribution in [0.5, 0.6) is 5.75 Å². The third-order valence-corrected chi connectivity index (χ3v) is 5.93. The SMILES string of the molecule is CCOc1ccccc1NC(=O)NC1C[C@H]2CC[C@@H](C1)N2Cc1ccc(F)cc1. The Morgan fingerprint density at radius 2 is 1.79 bits per heavy atom. The van der Waals surface area contributed by atoms with Gasteiger partial charge in [0.1, 0.15) is 11.6 Å². The van der Waals surface area contributed by atoms with Crippen molar-refractivity contribution >= 4 is 11.7 Å². The van der Waals surface area contributed by atoms with Gasteiger partial charge in [0.15, 0.2) is 0 Å². The monoisotopic (exact) mass is 397 g/mol. The number of hydrogen-bond acceptors (Lipinski definition) is 3. The highest BCUT2D eigenvalue weighted by molar-refractivity contribution is 5.91. The van der Waals surface area contributed by atoms with Crippen molar-refractivity contribution in [1.29, 1.82) is 0 Å². The Balaban J connectivity index is 1.33. The number of ether oxygens (including phenoxy) is 1. The highest BCUT2D eigenvalue weighted by Gasteiger charge is 2.40. The molecule has 2 fully saturated rings. The summed E-state index contributed by atoms with van der Waals surface area (Å²) >= 11 is 0. The summed E-state index contributed by atoms with van der Waals surface area (Å²) in [6.07, 6.45) is 4.19. The molecule has 2 N–H and O–H groups in total. The number of nitrogens with one attached hydrogen (secondary N) is 2. The van der Waals surface area contributed by atoms with Crippen LogP contribution in [0.25, 0.3) is 0 Å². The molecule has 2 aromatic rings. The van der Waals surface area contributed by atoms with Gasteiger partial charge in [-0.3, -0.25) is 4.90 Å². The first-order valence-corrected chi connectivity index (χ1v) is 10.4. The van der Waals surface area contributed by atoms with Gasteiger partial charge in [-0.15, -0.1) is 0 Å². The summed E-state index contributed by atoms with van der Waals surface area (Å²) in [5, 5.41) is 6.07. The Labute approximate surface area is 171 Å². The molecule has 0 saturated carbocycles. The van der Waals surface area contributed by atoms with Crippen molar-refractivity contribution in [1.82, 2.24) is 10.2 Å². The molecular formula is C23H28FN3O2. The minimum atomic E-state index is -0.198. The van der Waals surface area contributed by atoms with E-state index in [2.05, 4.69) is 15.5 Å². The van der Waals surface area contributed by atoms with E-state index >= 15 is 0 Å². The maximum atomic E-state index is 13.2. The van der Waals surface area contributed by atoms with Gasteiger partial charge in [-0.1, -0.05) is 24.3 Å². The molecule has 2 amide bonds. The molecule has 0 aliphatic carbocycles. The minimum Gasteiger partial charge on any atom is -0.492 e. The van der Waals surface area contributed by atoms with Gasteiger partial charge in [0, 0.05) is 24.7 Å². The average molecular weight is 397 g/mol. The van der Waals surface area contributed by atoms with Crippen molar-refractivity contribution in [3.8, 4) is 5.75 Å². The molecule has 2 bridgehead atoms. The summed E-state index contributed by atoms with van der Waals surface area (Å²) in [5.41, 5.74) is 1.82. The van der Waals surface area contributed by atoms with Gasteiger partial charge in [0.25, 0.3) is 0 Å². The first-order chi connectivity index (χ1) is 14.1. The number of benzene rings is 2. The molecule has 2 saturated heterocycles. The zero-order chi connectivity index (χ0) is 20.2. The Morgan fingerprint density at radius 1 is 1.10 bits per heavy atom. The number of anilines is 1. The summed E-state index contributed by atoms with van der Waals surface area (Å²) in [6, 6.07) is 15.1. The third-order valence-electron chi connectivity index (χ3n) is 5.93. The maximum Gasteiger partial charge on any atom is 0.319 e. The summed E-state index contributed by atoms with van der Waals surface area (Å²) < 4.78 is 18.7. The van der Waals surface area contributed by atoms with E-state index in [4.69, 9.17) is 4.74 Å². The molecule has 2 aliphatic rings. The molecule has 0 aromatic heterocycles. The van der Waals surface area contributed by atoms with Crippen LogP contribution < -0.4 is 15.4 Å². The molecule has 29 heavy (non-hydrogen) atoms. The first-order valence-electron chi connectivity index (χ1n) is 10.4. The van der Waals surface area contributed by atoms with Crippen molar-refractivity contribution in [3.05, 3.63) is 59.9 Å². The van der Waals surface area contributed by atoms with Crippen LogP contribution in [0.1, 0.15) is 38.2 Å². The van der Waals surface area contributed by atoms with Crippen molar-refractivity contribution in [3.63, 3.8) is 0 Å². The van der Waals surface area contributed by atoms with Crippen molar-refractivity contribution in [2.75, 3.05) is 11.9 Å². The highest BCUT2D eigenvalue weighted by atomic mass is 19.1. The van der Waals surface area contributed by atoms with E-state index < -0.39 is 0 Å². The van der Waals surface area contributed by atoms with Gasteiger partial charge in [-0.2, -0.15) is 0 Å². The molecule has 2 aliphatic heterocycles. The van der Waals surface area contributed by atoms with Crippen LogP contribution >= 0.6 is 0 Å². The van der Waals surface area contributed by atoms with Gasteiger partial charge in [-0.05, 0) is 62.4 Å². The summed E-state index contributed by atoms with van der Waals surface area (Å²) in [7, 11) is 0. The number of para-hydroxylation sites is 2. The van der Waals surface area contributed by atoms with Crippen LogP contribution in [-0.4, -0.2) is 35.7 Å². The van der Waals surface area contributed by atoms with Gasteiger partial charge >= 0.3 is 6.03 Å². The Morgan fingerprint density at radius 3 is 2.48 bits per heavy atom. The quantitative estimate of drug-likeness (QED) is 0.752. The zero-order valence-electron chi connectivity index (χ0n) is 16.7. The predicted molar refractivity (Wildman–Crippen MR) is 112 cm³/mol. The Kier molecular flexibility index (Phi) is 6.00. The lowest BCUT2D eigenvalue weighted by Gasteiger charge is -2.39. The second-order valence-corrected chi connectivity index (χ2v) is 7.88. The fourth-order valence-electron chi connectivity index (χ4n) is 4.65. The molecule has 0 radical (unpaired) electrons. The van der Waals surface area contributed by atoms with Gasteiger partial charge in [0.2, 0.25) is 0 Å². The molecule has 0 spiro atoms. The normalized spacial score (nSPS) is 23.6. The topological polar surface area (TPSA) is 53.6 Å². The lowest BCUT2D eigenvalue weighted by molar-refractivity contribution is 0.112. The summed E-state index contributed by atoms with van der Waals surface area (Å²) in [5.74, 6) is 0.482. The number of urea groups is 1. The van der Waals surface area contributed by atoms with E-state index in [0.717, 1.165) is 37.8 Å². The van der Waals surface area contributed by atoms with Crippen LogP contribution in [0.15, 0.2) is 48.5 Å². The van der Waals surface area contributed by atoms with Crippen LogP contribution in [0, 0.1) is 5.82 Å². The van der Waals surface area contributed by atoms with Crippen LogP contribution in [0.3, 0.4) is 0 Å². The van der Waals surface area contributed by atoms with E-state index in [1.807, 2.05) is 43.3 Å². The summed E-state index contributed by atoms with van der Waals surface area (Å²) in [6.45, 7) is 3.32. The molecule has 2 aromatic carbocycles. The maximum absolute atomic E-state index is 13.2. The van der Waals surface area contributed by atoms with E-state index in [1.54, 1.807) is 0 Å². The van der Waals surface area contributed by atoms with Crippen LogP contribution in [0.2, 0.25) is 0 Å². The van der Waals surface area contributed by atoms with Crippen LogP contribution in [0.4, 0.5) is 14.9 Å². The molecule has 3 atom stereocenters. The van der Waals surface area contributed by atoms with Gasteiger partial charge in [-0.25, -0.2) is 9.18 Å². The number of rotatable bonds is 6. The Hall–Kier alpha value is -2.60. The lowest BCUT2D eigenvalue weighted by Crippen LogP contribution is -2.50. The number of nitrogens with zero attached hydrogens (tertiary/aromatic N) is 1. The number of halogens is 1. The fraction of sp³-hybridized carbons (Fsp3) is 0.435. The van der Waals surface area contributed by atoms with E-state index in [1.165, 1.54) is 12.1 Å². The van der Waals surface area contributed by atoms with E-state index in [-0.39, 0.29) is 17.9 Å². The molecule has 1 unspecified atom stereocenters. The first kappa shape index (κ1) is 19.7. The number of carbonyl (C=O) groups excluding carboxylic acids is 1. The smallest absolute Gasteiger partial charge is 0.319 e. The van der Waals surface area contributed by atoms with E-state index in [0.29, 0.717) is 30.1 Å². The fourth-order valence-corrected chi connectivity index (χ4v) is 4.65. The lowest BCUT2D eigenvalue weighted by atomic mass is 9.96. The number of carbonyl (C=O) groups is 1. The van der Waals surface area contributed by atoms with Crippen molar-refractivity contribution in [2.24, 2.45) is 0 Å². The number of piperidine rings is 1. The zero-order valence-corrected chi connectivity index (χ0v) is 16.7. The second-order valence-electron chi connectivity index (χ2n) is 7.88.